The van der Waals surface area contributed by atoms with Gasteiger partial charge in [0, 0.05) is 18.9 Å². The maximum Gasteiger partial charge on any atom is 0.117 e. The maximum absolute atomic E-state index is 4.31. The molecule has 0 aromatic carbocycles. The predicted molar refractivity (Wildman–Crippen MR) is 88.4 cm³/mol. The van der Waals surface area contributed by atoms with E-state index in [4.69, 9.17) is 0 Å². The van der Waals surface area contributed by atoms with E-state index < -0.39 is 0 Å². The van der Waals surface area contributed by atoms with Gasteiger partial charge in [0.1, 0.15) is 10.0 Å². The van der Waals surface area contributed by atoms with Gasteiger partial charge in [0.15, 0.2) is 0 Å². The van der Waals surface area contributed by atoms with Gasteiger partial charge in [-0.1, -0.05) is 52.9 Å². The molecular formula is C16H31N3S. The van der Waals surface area contributed by atoms with E-state index in [-0.39, 0.29) is 0 Å². The third-order valence-corrected chi connectivity index (χ3v) is 4.42. The SMILES string of the molecule is CCCCCCCCc1nnc(CCCNC(C)C)s1. The van der Waals surface area contributed by atoms with Crippen LogP contribution in [-0.2, 0) is 12.8 Å². The molecule has 0 spiro atoms. The van der Waals surface area contributed by atoms with Gasteiger partial charge in [-0.3, -0.25) is 0 Å². The number of unbranched alkanes of at least 4 members (excludes halogenated alkanes) is 5. The minimum Gasteiger partial charge on any atom is -0.315 e. The molecule has 0 unspecified atom stereocenters. The molecule has 0 bridgehead atoms. The van der Waals surface area contributed by atoms with Crippen molar-refractivity contribution < 1.29 is 0 Å². The molecule has 1 rings (SSSR count). The summed E-state index contributed by atoms with van der Waals surface area (Å²) >= 11 is 1.81. The van der Waals surface area contributed by atoms with Gasteiger partial charge >= 0.3 is 0 Å². The summed E-state index contributed by atoms with van der Waals surface area (Å²) in [6.45, 7) is 7.70. The van der Waals surface area contributed by atoms with E-state index in [1.54, 1.807) is 0 Å². The first kappa shape index (κ1) is 17.6. The molecule has 0 aliphatic heterocycles. The average Bonchev–Trinajstić information content (AvgIpc) is 2.86. The number of nitrogens with one attached hydrogen (secondary N) is 1. The lowest BCUT2D eigenvalue weighted by atomic mass is 10.1. The Bertz CT molecular complexity index is 336. The van der Waals surface area contributed by atoms with E-state index in [1.807, 2.05) is 11.3 Å². The fraction of sp³-hybridized carbons (Fsp3) is 0.875. The molecule has 3 nitrogen and oxygen atoms in total. The van der Waals surface area contributed by atoms with E-state index in [2.05, 4.69) is 36.3 Å². The molecule has 0 fully saturated rings. The molecular weight excluding hydrogens is 266 g/mol. The van der Waals surface area contributed by atoms with Gasteiger partial charge < -0.3 is 5.32 Å². The monoisotopic (exact) mass is 297 g/mol. The summed E-state index contributed by atoms with van der Waals surface area (Å²) in [5, 5.41) is 14.5. The van der Waals surface area contributed by atoms with Crippen LogP contribution in [-0.4, -0.2) is 22.8 Å². The summed E-state index contributed by atoms with van der Waals surface area (Å²) in [4.78, 5) is 0. The van der Waals surface area contributed by atoms with Gasteiger partial charge in [-0.15, -0.1) is 21.5 Å². The van der Waals surface area contributed by atoms with Gasteiger partial charge in [-0.25, -0.2) is 0 Å². The summed E-state index contributed by atoms with van der Waals surface area (Å²) < 4.78 is 0. The molecule has 0 radical (unpaired) electrons. The molecule has 116 valence electrons. The molecule has 0 amide bonds. The largest absolute Gasteiger partial charge is 0.315 e. The van der Waals surface area contributed by atoms with Crippen LogP contribution in [0.5, 0.6) is 0 Å². The van der Waals surface area contributed by atoms with Crippen LogP contribution in [0.3, 0.4) is 0 Å². The van der Waals surface area contributed by atoms with E-state index in [0.717, 1.165) is 25.8 Å². The van der Waals surface area contributed by atoms with Crippen molar-refractivity contribution in [2.75, 3.05) is 6.54 Å². The summed E-state index contributed by atoms with van der Waals surface area (Å²) in [5.41, 5.74) is 0. The molecule has 1 heterocycles. The molecule has 0 atom stereocenters. The summed E-state index contributed by atoms with van der Waals surface area (Å²) in [6, 6.07) is 0.577. The van der Waals surface area contributed by atoms with Crippen LogP contribution in [0.4, 0.5) is 0 Å². The summed E-state index contributed by atoms with van der Waals surface area (Å²) in [6.07, 6.45) is 11.4. The Kier molecular flexibility index (Phi) is 9.85. The number of nitrogens with zero attached hydrogens (tertiary/aromatic N) is 2. The molecule has 4 heteroatoms. The van der Waals surface area contributed by atoms with Gasteiger partial charge in [0.25, 0.3) is 0 Å². The first-order valence-electron chi connectivity index (χ1n) is 8.27. The number of rotatable bonds is 12. The van der Waals surface area contributed by atoms with Crippen molar-refractivity contribution >= 4 is 11.3 Å². The Morgan fingerprint density at radius 3 is 2.15 bits per heavy atom. The predicted octanol–water partition coefficient (Wildman–Crippen LogP) is 4.37. The van der Waals surface area contributed by atoms with Crippen molar-refractivity contribution in [1.82, 2.24) is 15.5 Å². The van der Waals surface area contributed by atoms with Crippen LogP contribution in [0.1, 0.15) is 75.7 Å². The fourth-order valence-corrected chi connectivity index (χ4v) is 3.11. The van der Waals surface area contributed by atoms with Crippen LogP contribution in [0.2, 0.25) is 0 Å². The van der Waals surface area contributed by atoms with E-state index >= 15 is 0 Å². The zero-order valence-electron chi connectivity index (χ0n) is 13.5. The van der Waals surface area contributed by atoms with Crippen LogP contribution in [0, 0.1) is 0 Å². The Balaban J connectivity index is 2.07. The van der Waals surface area contributed by atoms with Crippen molar-refractivity contribution in [3.8, 4) is 0 Å². The lowest BCUT2D eigenvalue weighted by Gasteiger charge is -2.05. The minimum atomic E-state index is 0.577. The van der Waals surface area contributed by atoms with Gasteiger partial charge in [0.05, 0.1) is 0 Å². The molecule has 0 saturated heterocycles. The lowest BCUT2D eigenvalue weighted by Crippen LogP contribution is -2.23. The Morgan fingerprint density at radius 1 is 0.900 bits per heavy atom. The average molecular weight is 298 g/mol. The zero-order valence-corrected chi connectivity index (χ0v) is 14.3. The summed E-state index contributed by atoms with van der Waals surface area (Å²) in [5.74, 6) is 0. The third-order valence-electron chi connectivity index (χ3n) is 3.37. The Morgan fingerprint density at radius 2 is 1.50 bits per heavy atom. The highest BCUT2D eigenvalue weighted by atomic mass is 32.1. The summed E-state index contributed by atoms with van der Waals surface area (Å²) in [7, 11) is 0. The van der Waals surface area contributed by atoms with Crippen molar-refractivity contribution in [3.05, 3.63) is 10.0 Å². The second kappa shape index (κ2) is 11.2. The van der Waals surface area contributed by atoms with Crippen LogP contribution < -0.4 is 5.32 Å². The molecule has 1 aromatic heterocycles. The second-order valence-corrected chi connectivity index (χ2v) is 6.97. The van der Waals surface area contributed by atoms with Crippen molar-refractivity contribution in [2.45, 2.75) is 84.6 Å². The first-order chi connectivity index (χ1) is 9.72. The van der Waals surface area contributed by atoms with Gasteiger partial charge in [-0.2, -0.15) is 0 Å². The number of aryl methyl sites for hydroxylation is 2. The Hall–Kier alpha value is -0.480. The van der Waals surface area contributed by atoms with Gasteiger partial charge in [0.2, 0.25) is 0 Å². The number of hydrogen-bond acceptors (Lipinski definition) is 4. The number of hydrogen-bond donors (Lipinski definition) is 1. The highest BCUT2D eigenvalue weighted by Gasteiger charge is 2.04. The maximum atomic E-state index is 4.31. The van der Waals surface area contributed by atoms with Crippen molar-refractivity contribution in [1.29, 1.82) is 0 Å². The molecule has 0 aliphatic rings. The van der Waals surface area contributed by atoms with Crippen LogP contribution >= 0.6 is 11.3 Å². The molecule has 1 aromatic rings. The number of aromatic nitrogens is 2. The second-order valence-electron chi connectivity index (χ2n) is 5.82. The van der Waals surface area contributed by atoms with E-state index in [1.165, 1.54) is 48.5 Å². The van der Waals surface area contributed by atoms with E-state index in [9.17, 15) is 0 Å². The molecule has 20 heavy (non-hydrogen) atoms. The molecule has 0 aliphatic carbocycles. The third kappa shape index (κ3) is 8.64. The van der Waals surface area contributed by atoms with Gasteiger partial charge in [-0.05, 0) is 19.4 Å². The first-order valence-corrected chi connectivity index (χ1v) is 9.08. The zero-order chi connectivity index (χ0) is 14.6. The Labute approximate surface area is 128 Å². The minimum absolute atomic E-state index is 0.577. The standard InChI is InChI=1S/C16H31N3S/c1-4-5-6-7-8-9-11-15-18-19-16(20-15)12-10-13-17-14(2)3/h14,17H,4-13H2,1-3H3. The normalized spacial score (nSPS) is 11.4. The smallest absolute Gasteiger partial charge is 0.117 e. The molecule has 1 N–H and O–H groups in total. The quantitative estimate of drug-likeness (QED) is 0.582. The topological polar surface area (TPSA) is 37.8 Å². The van der Waals surface area contributed by atoms with Crippen LogP contribution in [0.15, 0.2) is 0 Å². The van der Waals surface area contributed by atoms with E-state index in [0.29, 0.717) is 6.04 Å². The highest BCUT2D eigenvalue weighted by molar-refractivity contribution is 7.11. The highest BCUT2D eigenvalue weighted by Crippen LogP contribution is 2.15. The lowest BCUT2D eigenvalue weighted by molar-refractivity contribution is 0.569. The van der Waals surface area contributed by atoms with Crippen molar-refractivity contribution in [3.63, 3.8) is 0 Å². The fourth-order valence-electron chi connectivity index (χ4n) is 2.18. The van der Waals surface area contributed by atoms with Crippen LogP contribution in [0.25, 0.3) is 0 Å². The molecule has 0 saturated carbocycles. The van der Waals surface area contributed by atoms with Crippen molar-refractivity contribution in [2.24, 2.45) is 0 Å².